The molecule has 0 saturated heterocycles. The Morgan fingerprint density at radius 3 is 2.38 bits per heavy atom. The molecule has 0 nitrogen and oxygen atoms in total. The molecule has 0 heteroatoms. The van der Waals surface area contributed by atoms with Crippen LogP contribution < -0.4 is 0 Å². The number of hydrogen-bond acceptors (Lipinski definition) is 0. The minimum Gasteiger partial charge on any atom is -0.120 e. The van der Waals surface area contributed by atoms with E-state index in [-0.39, 0.29) is 0 Å². The zero-order valence-corrected chi connectivity index (χ0v) is 8.96. The zero-order chi connectivity index (χ0) is 9.59. The highest BCUT2D eigenvalue weighted by atomic mass is 14.6. The third kappa shape index (κ3) is 1.06. The molecule has 72 valence electrons. The van der Waals surface area contributed by atoms with Crippen LogP contribution in [0.2, 0.25) is 0 Å². The first kappa shape index (κ1) is 9.13. The van der Waals surface area contributed by atoms with Gasteiger partial charge in [0, 0.05) is 5.92 Å². The minimum atomic E-state index is 0.598. The van der Waals surface area contributed by atoms with Crippen molar-refractivity contribution in [1.29, 1.82) is 0 Å². The van der Waals surface area contributed by atoms with Gasteiger partial charge in [0.15, 0.2) is 0 Å². The van der Waals surface area contributed by atoms with Crippen molar-refractivity contribution < 1.29 is 0 Å². The second-order valence-electron chi connectivity index (χ2n) is 5.05. The summed E-state index contributed by atoms with van der Waals surface area (Å²) in [6.07, 6.45) is 8.34. The molecule has 0 aromatic rings. The molecule has 13 heavy (non-hydrogen) atoms. The smallest absolute Gasteiger partial charge is 0.0262 e. The molecule has 0 heterocycles. The van der Waals surface area contributed by atoms with E-state index in [2.05, 4.69) is 26.7 Å². The van der Waals surface area contributed by atoms with Gasteiger partial charge in [-0.05, 0) is 36.0 Å². The van der Waals surface area contributed by atoms with Gasteiger partial charge in [-0.3, -0.25) is 0 Å². The molecule has 2 rings (SSSR count). The Bertz CT molecular complexity index is 233. The number of rotatable bonds is 1. The van der Waals surface area contributed by atoms with E-state index >= 15 is 0 Å². The molecule has 0 amide bonds. The quantitative estimate of drug-likeness (QED) is 0.538. The number of fused-ring (bicyclic) bond motifs is 2. The van der Waals surface area contributed by atoms with E-state index in [1.165, 1.54) is 12.8 Å². The molecule has 2 bridgehead atoms. The summed E-state index contributed by atoms with van der Waals surface area (Å²) < 4.78 is 0. The van der Waals surface area contributed by atoms with Gasteiger partial charge in [-0.1, -0.05) is 27.2 Å². The van der Waals surface area contributed by atoms with Crippen LogP contribution in [0.5, 0.6) is 0 Å². The van der Waals surface area contributed by atoms with E-state index in [0.717, 1.165) is 29.6 Å². The molecule has 6 atom stereocenters. The molecular formula is C13H20. The van der Waals surface area contributed by atoms with Crippen LogP contribution in [0.1, 0.15) is 33.6 Å². The van der Waals surface area contributed by atoms with Gasteiger partial charge in [0.1, 0.15) is 0 Å². The Labute approximate surface area is 82.1 Å². The summed E-state index contributed by atoms with van der Waals surface area (Å²) in [6, 6.07) is 0. The van der Waals surface area contributed by atoms with Crippen molar-refractivity contribution in [3.05, 3.63) is 0 Å². The molecule has 0 spiro atoms. The molecule has 2 saturated carbocycles. The van der Waals surface area contributed by atoms with E-state index < -0.39 is 0 Å². The van der Waals surface area contributed by atoms with Gasteiger partial charge in [-0.15, -0.1) is 12.3 Å². The summed E-state index contributed by atoms with van der Waals surface area (Å²) in [5.41, 5.74) is 0. The van der Waals surface area contributed by atoms with Gasteiger partial charge >= 0.3 is 0 Å². The van der Waals surface area contributed by atoms with Gasteiger partial charge in [0.05, 0.1) is 0 Å². The van der Waals surface area contributed by atoms with Gasteiger partial charge in [-0.2, -0.15) is 0 Å². The topological polar surface area (TPSA) is 0 Å². The maximum Gasteiger partial charge on any atom is 0.0262 e. The Morgan fingerprint density at radius 1 is 1.23 bits per heavy atom. The maximum absolute atomic E-state index is 5.64. The largest absolute Gasteiger partial charge is 0.120 e. The normalized spacial score (nSPS) is 53.7. The third-order valence-corrected chi connectivity index (χ3v) is 4.86. The van der Waals surface area contributed by atoms with E-state index in [9.17, 15) is 0 Å². The number of terminal acetylenes is 1. The van der Waals surface area contributed by atoms with Crippen LogP contribution in [-0.2, 0) is 0 Å². The fourth-order valence-corrected chi connectivity index (χ4v) is 3.95. The van der Waals surface area contributed by atoms with Crippen LogP contribution in [0, 0.1) is 47.9 Å². The van der Waals surface area contributed by atoms with Gasteiger partial charge < -0.3 is 0 Å². The van der Waals surface area contributed by atoms with E-state index in [1.54, 1.807) is 0 Å². The predicted molar refractivity (Wildman–Crippen MR) is 56.0 cm³/mol. The summed E-state index contributed by atoms with van der Waals surface area (Å²) in [5, 5.41) is 0. The fraction of sp³-hybridized carbons (Fsp3) is 0.846. The fourth-order valence-electron chi connectivity index (χ4n) is 3.95. The molecule has 2 aliphatic carbocycles. The first-order valence-electron chi connectivity index (χ1n) is 5.66. The Hall–Kier alpha value is -0.440. The Kier molecular flexibility index (Phi) is 2.14. The number of hydrogen-bond donors (Lipinski definition) is 0. The molecule has 0 aromatic heterocycles. The van der Waals surface area contributed by atoms with Crippen molar-refractivity contribution in [1.82, 2.24) is 0 Å². The lowest BCUT2D eigenvalue weighted by Gasteiger charge is -2.35. The zero-order valence-electron chi connectivity index (χ0n) is 8.96. The van der Waals surface area contributed by atoms with Crippen molar-refractivity contribution in [3.8, 4) is 12.3 Å². The van der Waals surface area contributed by atoms with Crippen LogP contribution in [0.4, 0.5) is 0 Å². The molecule has 0 N–H and O–H groups in total. The van der Waals surface area contributed by atoms with E-state index in [1.807, 2.05) is 0 Å². The highest BCUT2D eigenvalue weighted by Gasteiger charge is 2.53. The Balaban J connectivity index is 2.23. The highest BCUT2D eigenvalue weighted by Crippen LogP contribution is 2.58. The first-order valence-corrected chi connectivity index (χ1v) is 5.66. The van der Waals surface area contributed by atoms with Crippen molar-refractivity contribution >= 4 is 0 Å². The van der Waals surface area contributed by atoms with E-state index in [4.69, 9.17) is 6.42 Å². The second kappa shape index (κ2) is 3.05. The van der Waals surface area contributed by atoms with Crippen LogP contribution in [-0.4, -0.2) is 0 Å². The standard InChI is InChI=1S/C13H20/c1-5-10-11(6-2)13-7-12(10)8(3)9(13)4/h1,8-13H,6-7H2,2-4H3. The highest BCUT2D eigenvalue weighted by molar-refractivity contribution is 5.11. The predicted octanol–water partition coefficient (Wildman–Crippen LogP) is 3.18. The lowest BCUT2D eigenvalue weighted by atomic mass is 9.69. The summed E-state index contributed by atoms with van der Waals surface area (Å²) in [7, 11) is 0. The van der Waals surface area contributed by atoms with Crippen LogP contribution in [0.25, 0.3) is 0 Å². The lowest BCUT2D eigenvalue weighted by molar-refractivity contribution is 0.146. The molecule has 6 unspecified atom stereocenters. The summed E-state index contributed by atoms with van der Waals surface area (Å²) >= 11 is 0. The maximum atomic E-state index is 5.64. The SMILES string of the molecule is C#CC1C2CC(C(C)C2C)C1CC. The average Bonchev–Trinajstić information content (AvgIpc) is 2.63. The summed E-state index contributed by atoms with van der Waals surface area (Å²) in [4.78, 5) is 0. The monoisotopic (exact) mass is 176 g/mol. The Morgan fingerprint density at radius 2 is 1.85 bits per heavy atom. The van der Waals surface area contributed by atoms with E-state index in [0.29, 0.717) is 5.92 Å². The minimum absolute atomic E-state index is 0.598. The van der Waals surface area contributed by atoms with Crippen molar-refractivity contribution in [2.75, 3.05) is 0 Å². The summed E-state index contributed by atoms with van der Waals surface area (Å²) in [6.45, 7) is 7.11. The molecule has 0 radical (unpaired) electrons. The first-order chi connectivity index (χ1) is 6.20. The third-order valence-electron chi connectivity index (χ3n) is 4.86. The van der Waals surface area contributed by atoms with Crippen LogP contribution >= 0.6 is 0 Å². The molecule has 2 aliphatic rings. The van der Waals surface area contributed by atoms with Gasteiger partial charge in [0.2, 0.25) is 0 Å². The molecule has 0 aromatic carbocycles. The van der Waals surface area contributed by atoms with Crippen LogP contribution in [0.3, 0.4) is 0 Å². The lowest BCUT2D eigenvalue weighted by Crippen LogP contribution is -2.31. The van der Waals surface area contributed by atoms with Crippen molar-refractivity contribution in [2.45, 2.75) is 33.6 Å². The van der Waals surface area contributed by atoms with Gasteiger partial charge in [0.25, 0.3) is 0 Å². The van der Waals surface area contributed by atoms with Crippen molar-refractivity contribution in [2.24, 2.45) is 35.5 Å². The average molecular weight is 176 g/mol. The molecular weight excluding hydrogens is 156 g/mol. The van der Waals surface area contributed by atoms with Crippen LogP contribution in [0.15, 0.2) is 0 Å². The molecule has 0 aliphatic heterocycles. The second-order valence-corrected chi connectivity index (χ2v) is 5.05. The van der Waals surface area contributed by atoms with Gasteiger partial charge in [-0.25, -0.2) is 0 Å². The van der Waals surface area contributed by atoms with Crippen molar-refractivity contribution in [3.63, 3.8) is 0 Å². The molecule has 2 fully saturated rings. The summed E-state index contributed by atoms with van der Waals surface area (Å²) in [5.74, 6) is 8.04.